The molecule has 1 aromatic heterocycles. The van der Waals surface area contributed by atoms with Crippen LogP contribution in [0.1, 0.15) is 5.56 Å². The number of nitrogens with one attached hydrogen (secondary N) is 2. The monoisotopic (exact) mass is 258 g/mol. The van der Waals surface area contributed by atoms with Crippen LogP contribution in [0, 0.1) is 10.1 Å². The number of benzene rings is 1. The van der Waals surface area contributed by atoms with Crippen LogP contribution < -0.4 is 10.7 Å². The van der Waals surface area contributed by atoms with Crippen molar-refractivity contribution in [2.24, 2.45) is 0 Å². The number of carbonyl (C=O) groups is 1. The standard InChI is InChI=1S/C12H10N4O3/c17-12-6-8-5-11(16(18)19)10(7-9(8)13-12)14-15-3-1-2-4-15/h1-5,7,14H,6H2,(H,13,17). The minimum absolute atomic E-state index is 0.0519. The molecule has 0 saturated heterocycles. The van der Waals surface area contributed by atoms with E-state index in [-0.39, 0.29) is 18.0 Å². The van der Waals surface area contributed by atoms with Crippen LogP contribution in [0.25, 0.3) is 0 Å². The highest BCUT2D eigenvalue weighted by atomic mass is 16.6. The molecule has 0 fully saturated rings. The average Bonchev–Trinajstić information content (AvgIpc) is 2.95. The highest BCUT2D eigenvalue weighted by molar-refractivity contribution is 6.00. The number of nitro benzene ring substituents is 1. The number of aromatic nitrogens is 1. The molecule has 2 N–H and O–H groups in total. The minimum atomic E-state index is -0.463. The second-order valence-corrected chi connectivity index (χ2v) is 4.21. The third-order valence-electron chi connectivity index (χ3n) is 2.90. The Balaban J connectivity index is 2.05. The Morgan fingerprint density at radius 3 is 2.74 bits per heavy atom. The van der Waals surface area contributed by atoms with Crippen molar-refractivity contribution in [2.45, 2.75) is 6.42 Å². The van der Waals surface area contributed by atoms with Gasteiger partial charge in [0.15, 0.2) is 0 Å². The third-order valence-corrected chi connectivity index (χ3v) is 2.90. The molecular weight excluding hydrogens is 248 g/mol. The average molecular weight is 258 g/mol. The van der Waals surface area contributed by atoms with E-state index in [9.17, 15) is 14.9 Å². The Hall–Kier alpha value is -2.83. The highest BCUT2D eigenvalue weighted by Crippen LogP contribution is 2.34. The summed E-state index contributed by atoms with van der Waals surface area (Å²) < 4.78 is 1.60. The van der Waals surface area contributed by atoms with E-state index < -0.39 is 4.92 Å². The summed E-state index contributed by atoms with van der Waals surface area (Å²) in [5.41, 5.74) is 4.45. The molecule has 0 radical (unpaired) electrons. The van der Waals surface area contributed by atoms with E-state index in [1.54, 1.807) is 35.3 Å². The number of nitrogens with zero attached hydrogens (tertiary/aromatic N) is 2. The Morgan fingerprint density at radius 2 is 2.05 bits per heavy atom. The fourth-order valence-corrected chi connectivity index (χ4v) is 2.05. The second kappa shape index (κ2) is 4.13. The Bertz CT molecular complexity index is 664. The molecule has 0 saturated carbocycles. The van der Waals surface area contributed by atoms with Gasteiger partial charge in [0.1, 0.15) is 5.69 Å². The number of fused-ring (bicyclic) bond motifs is 1. The van der Waals surface area contributed by atoms with Crippen LogP contribution in [0.15, 0.2) is 36.7 Å². The van der Waals surface area contributed by atoms with Crippen LogP contribution in [0.2, 0.25) is 0 Å². The van der Waals surface area contributed by atoms with E-state index in [1.165, 1.54) is 6.07 Å². The van der Waals surface area contributed by atoms with Crippen molar-refractivity contribution in [1.29, 1.82) is 0 Å². The van der Waals surface area contributed by atoms with E-state index >= 15 is 0 Å². The summed E-state index contributed by atoms with van der Waals surface area (Å²) in [5, 5.41) is 13.8. The Kier molecular flexibility index (Phi) is 2.45. The largest absolute Gasteiger partial charge is 0.325 e. The van der Waals surface area contributed by atoms with Gasteiger partial charge in [-0.15, -0.1) is 0 Å². The molecule has 1 amide bonds. The molecule has 0 spiro atoms. The van der Waals surface area contributed by atoms with Crippen molar-refractivity contribution in [2.75, 3.05) is 10.7 Å². The third kappa shape index (κ3) is 2.01. The fourth-order valence-electron chi connectivity index (χ4n) is 2.05. The molecule has 7 nitrogen and oxygen atoms in total. The molecule has 2 heterocycles. The van der Waals surface area contributed by atoms with Gasteiger partial charge < -0.3 is 5.32 Å². The molecule has 0 unspecified atom stereocenters. The number of nitro groups is 1. The molecule has 96 valence electrons. The summed E-state index contributed by atoms with van der Waals surface area (Å²) in [6.07, 6.45) is 3.64. The van der Waals surface area contributed by atoms with Gasteiger partial charge in [0, 0.05) is 24.1 Å². The summed E-state index contributed by atoms with van der Waals surface area (Å²) in [4.78, 5) is 21.9. The summed E-state index contributed by atoms with van der Waals surface area (Å²) >= 11 is 0. The molecule has 0 atom stereocenters. The molecule has 0 aliphatic carbocycles. The van der Waals surface area contributed by atoms with Crippen LogP contribution >= 0.6 is 0 Å². The maximum atomic E-state index is 11.3. The quantitative estimate of drug-likeness (QED) is 0.648. The number of hydrogen-bond acceptors (Lipinski definition) is 4. The topological polar surface area (TPSA) is 89.2 Å². The van der Waals surface area contributed by atoms with E-state index in [2.05, 4.69) is 10.7 Å². The SMILES string of the molecule is O=C1Cc2cc([N+](=O)[O-])c(Nn3cccc3)cc2N1. The Morgan fingerprint density at radius 1 is 1.32 bits per heavy atom. The summed E-state index contributed by atoms with van der Waals surface area (Å²) in [6, 6.07) is 6.61. The lowest BCUT2D eigenvalue weighted by Gasteiger charge is -2.09. The van der Waals surface area contributed by atoms with Crippen LogP contribution in [0.3, 0.4) is 0 Å². The van der Waals surface area contributed by atoms with Crippen LogP contribution in [-0.2, 0) is 11.2 Å². The lowest BCUT2D eigenvalue weighted by Crippen LogP contribution is -2.08. The zero-order chi connectivity index (χ0) is 13.4. The molecule has 2 aromatic rings. The molecular formula is C12H10N4O3. The van der Waals surface area contributed by atoms with Gasteiger partial charge in [-0.25, -0.2) is 0 Å². The number of hydrogen-bond donors (Lipinski definition) is 2. The summed E-state index contributed by atoms with van der Waals surface area (Å²) in [6.45, 7) is 0. The molecule has 1 aliphatic rings. The number of amides is 1. The molecule has 0 bridgehead atoms. The van der Waals surface area contributed by atoms with Gasteiger partial charge in [-0.2, -0.15) is 0 Å². The lowest BCUT2D eigenvalue weighted by atomic mass is 10.1. The smallest absolute Gasteiger partial charge is 0.294 e. The Labute approximate surface area is 108 Å². The lowest BCUT2D eigenvalue weighted by molar-refractivity contribution is -0.384. The van der Waals surface area contributed by atoms with Gasteiger partial charge in [0.05, 0.1) is 11.3 Å². The predicted octanol–water partition coefficient (Wildman–Crippen LogP) is 1.77. The van der Waals surface area contributed by atoms with E-state index in [1.807, 2.05) is 0 Å². The number of carbonyl (C=O) groups excluding carboxylic acids is 1. The zero-order valence-corrected chi connectivity index (χ0v) is 9.79. The van der Waals surface area contributed by atoms with Crippen molar-refractivity contribution in [3.05, 3.63) is 52.3 Å². The van der Waals surface area contributed by atoms with Gasteiger partial charge in [-0.05, 0) is 23.8 Å². The van der Waals surface area contributed by atoms with Crippen LogP contribution in [0.5, 0.6) is 0 Å². The van der Waals surface area contributed by atoms with Crippen molar-refractivity contribution in [3.63, 3.8) is 0 Å². The first-order valence-corrected chi connectivity index (χ1v) is 5.64. The maximum Gasteiger partial charge on any atom is 0.294 e. The minimum Gasteiger partial charge on any atom is -0.325 e. The first-order valence-electron chi connectivity index (χ1n) is 5.64. The first-order chi connectivity index (χ1) is 9.13. The first kappa shape index (κ1) is 11.3. The zero-order valence-electron chi connectivity index (χ0n) is 9.79. The molecule has 7 heteroatoms. The van der Waals surface area contributed by atoms with Gasteiger partial charge in [-0.3, -0.25) is 25.0 Å². The highest BCUT2D eigenvalue weighted by Gasteiger charge is 2.24. The predicted molar refractivity (Wildman–Crippen MR) is 68.9 cm³/mol. The van der Waals surface area contributed by atoms with Gasteiger partial charge in [-0.1, -0.05) is 0 Å². The van der Waals surface area contributed by atoms with Crippen molar-refractivity contribution in [3.8, 4) is 0 Å². The maximum absolute atomic E-state index is 11.3. The van der Waals surface area contributed by atoms with Gasteiger partial charge in [0.25, 0.3) is 5.69 Å². The summed E-state index contributed by atoms with van der Waals surface area (Å²) in [7, 11) is 0. The molecule has 3 rings (SSSR count). The molecule has 19 heavy (non-hydrogen) atoms. The number of rotatable bonds is 3. The van der Waals surface area contributed by atoms with Crippen LogP contribution in [-0.4, -0.2) is 15.5 Å². The van der Waals surface area contributed by atoms with Crippen molar-refractivity contribution in [1.82, 2.24) is 4.68 Å². The van der Waals surface area contributed by atoms with Gasteiger partial charge >= 0.3 is 0 Å². The second-order valence-electron chi connectivity index (χ2n) is 4.21. The summed E-state index contributed by atoms with van der Waals surface area (Å²) in [5.74, 6) is -0.151. The van der Waals surface area contributed by atoms with E-state index in [0.29, 0.717) is 16.9 Å². The van der Waals surface area contributed by atoms with Crippen LogP contribution in [0.4, 0.5) is 17.1 Å². The van der Waals surface area contributed by atoms with Crippen molar-refractivity contribution >= 4 is 23.0 Å². The van der Waals surface area contributed by atoms with Crippen molar-refractivity contribution < 1.29 is 9.72 Å². The molecule has 1 aliphatic heterocycles. The van der Waals surface area contributed by atoms with E-state index in [4.69, 9.17) is 0 Å². The van der Waals surface area contributed by atoms with E-state index in [0.717, 1.165) is 0 Å². The number of anilines is 2. The molecule has 1 aromatic carbocycles. The fraction of sp³-hybridized carbons (Fsp3) is 0.0833. The van der Waals surface area contributed by atoms with Gasteiger partial charge in [0.2, 0.25) is 5.91 Å². The normalized spacial score (nSPS) is 12.9.